The molecule has 0 bridgehead atoms. The van der Waals surface area contributed by atoms with E-state index < -0.39 is 6.61 Å². The highest BCUT2D eigenvalue weighted by molar-refractivity contribution is 5.28. The third-order valence-corrected chi connectivity index (χ3v) is 2.36. The van der Waals surface area contributed by atoms with E-state index in [1.165, 1.54) is 24.3 Å². The number of alkyl halides is 2. The summed E-state index contributed by atoms with van der Waals surface area (Å²) in [7, 11) is 0. The summed E-state index contributed by atoms with van der Waals surface area (Å²) in [5.74, 6) is -0.0260. The van der Waals surface area contributed by atoms with Crippen molar-refractivity contribution in [1.29, 1.82) is 0 Å². The van der Waals surface area contributed by atoms with Crippen LogP contribution < -0.4 is 10.5 Å². The Labute approximate surface area is 116 Å². The van der Waals surface area contributed by atoms with E-state index in [2.05, 4.69) is 4.74 Å². The van der Waals surface area contributed by atoms with Crippen LogP contribution in [0.1, 0.15) is 18.5 Å². The average Bonchev–Trinajstić information content (AvgIpc) is 2.40. The van der Waals surface area contributed by atoms with E-state index in [1.54, 1.807) is 30.3 Å². The maximum absolute atomic E-state index is 11.9. The van der Waals surface area contributed by atoms with Gasteiger partial charge in [0.2, 0.25) is 0 Å². The number of ether oxygens (including phenoxy) is 1. The number of halogens is 3. The van der Waals surface area contributed by atoms with E-state index in [-0.39, 0.29) is 17.6 Å². The molecular weight excluding hydrogens is 267 g/mol. The van der Waals surface area contributed by atoms with Crippen LogP contribution in [0.3, 0.4) is 0 Å². The minimum absolute atomic E-state index is 0.0967. The van der Waals surface area contributed by atoms with Gasteiger partial charge in [0.05, 0.1) is 0 Å². The Bertz CT molecular complexity index is 486. The molecule has 0 amide bonds. The van der Waals surface area contributed by atoms with Gasteiger partial charge in [-0.2, -0.15) is 8.78 Å². The summed E-state index contributed by atoms with van der Waals surface area (Å²) in [6, 6.07) is 14.1. The second-order valence-electron chi connectivity index (χ2n) is 4.03. The van der Waals surface area contributed by atoms with Crippen molar-refractivity contribution in [2.75, 3.05) is 0 Å². The summed E-state index contributed by atoms with van der Waals surface area (Å²) in [4.78, 5) is 0. The van der Waals surface area contributed by atoms with Crippen molar-refractivity contribution in [3.8, 4) is 5.75 Å². The van der Waals surface area contributed by atoms with Gasteiger partial charge in [-0.05, 0) is 36.8 Å². The smallest absolute Gasteiger partial charge is 0.387 e. The van der Waals surface area contributed by atoms with Crippen LogP contribution in [-0.4, -0.2) is 6.61 Å². The molecule has 0 heterocycles. The fraction of sp³-hybridized carbons (Fsp3) is 0.200. The van der Waals surface area contributed by atoms with Crippen LogP contribution in [0.25, 0.3) is 0 Å². The predicted molar refractivity (Wildman–Crippen MR) is 72.1 cm³/mol. The topological polar surface area (TPSA) is 35.2 Å². The molecule has 0 spiro atoms. The van der Waals surface area contributed by atoms with Crippen LogP contribution in [0.5, 0.6) is 5.75 Å². The van der Waals surface area contributed by atoms with E-state index in [0.717, 1.165) is 5.56 Å². The molecule has 2 aromatic carbocycles. The molecular formula is C15H16F3NO. The highest BCUT2D eigenvalue weighted by Crippen LogP contribution is 2.17. The molecule has 20 heavy (non-hydrogen) atoms. The summed E-state index contributed by atoms with van der Waals surface area (Å²) < 4.78 is 39.5. The molecule has 0 aliphatic carbocycles. The molecule has 2 N–H and O–H groups in total. The van der Waals surface area contributed by atoms with Crippen molar-refractivity contribution in [2.24, 2.45) is 5.73 Å². The third-order valence-electron chi connectivity index (χ3n) is 2.36. The molecule has 1 atom stereocenters. The number of nitrogens with two attached hydrogens (primary N) is 1. The second-order valence-corrected chi connectivity index (χ2v) is 4.03. The van der Waals surface area contributed by atoms with E-state index in [4.69, 9.17) is 5.73 Å². The molecule has 2 aromatic rings. The monoisotopic (exact) mass is 283 g/mol. The lowest BCUT2D eigenvalue weighted by molar-refractivity contribution is -0.0498. The van der Waals surface area contributed by atoms with E-state index in [0.29, 0.717) is 0 Å². The van der Waals surface area contributed by atoms with Crippen molar-refractivity contribution >= 4 is 0 Å². The van der Waals surface area contributed by atoms with Gasteiger partial charge in [0.15, 0.2) is 0 Å². The summed E-state index contributed by atoms with van der Waals surface area (Å²) in [6.07, 6.45) is 0. The van der Waals surface area contributed by atoms with Crippen LogP contribution in [-0.2, 0) is 0 Å². The van der Waals surface area contributed by atoms with Gasteiger partial charge >= 0.3 is 6.61 Å². The van der Waals surface area contributed by atoms with Crippen LogP contribution in [0, 0.1) is 5.82 Å². The zero-order chi connectivity index (χ0) is 15.0. The second kappa shape index (κ2) is 8.22. The van der Waals surface area contributed by atoms with Gasteiger partial charge in [0.25, 0.3) is 0 Å². The molecule has 108 valence electrons. The summed E-state index contributed by atoms with van der Waals surface area (Å²) >= 11 is 0. The lowest BCUT2D eigenvalue weighted by Gasteiger charge is -2.07. The molecule has 0 saturated carbocycles. The largest absolute Gasteiger partial charge is 0.435 e. The van der Waals surface area contributed by atoms with Gasteiger partial charge in [-0.3, -0.25) is 0 Å². The molecule has 5 heteroatoms. The first-order chi connectivity index (χ1) is 9.49. The van der Waals surface area contributed by atoms with Crippen LogP contribution in [0.2, 0.25) is 0 Å². The normalized spacial score (nSPS) is 11.5. The summed E-state index contributed by atoms with van der Waals surface area (Å²) in [5.41, 5.74) is 6.47. The molecule has 0 radical (unpaired) electrons. The maximum atomic E-state index is 11.9. The van der Waals surface area contributed by atoms with Crippen molar-refractivity contribution < 1.29 is 17.9 Å². The van der Waals surface area contributed by atoms with Gasteiger partial charge in [-0.1, -0.05) is 30.3 Å². The standard InChI is InChI=1S/C9H11F2NO.C6H5F/c1-6(12)7-2-4-8(5-3-7)13-9(10)11;7-6-4-2-1-3-5-6/h2-6,9H,12H2,1H3;1-5H. The Morgan fingerprint density at radius 1 is 0.950 bits per heavy atom. The van der Waals surface area contributed by atoms with Gasteiger partial charge < -0.3 is 10.5 Å². The van der Waals surface area contributed by atoms with Crippen LogP contribution >= 0.6 is 0 Å². The molecule has 1 unspecified atom stereocenters. The fourth-order valence-corrected chi connectivity index (χ4v) is 1.37. The Morgan fingerprint density at radius 3 is 1.85 bits per heavy atom. The first-order valence-electron chi connectivity index (χ1n) is 6.00. The Balaban J connectivity index is 0.000000240. The van der Waals surface area contributed by atoms with Crippen molar-refractivity contribution in [3.63, 3.8) is 0 Å². The minimum atomic E-state index is -2.78. The van der Waals surface area contributed by atoms with Gasteiger partial charge in [0.1, 0.15) is 11.6 Å². The first-order valence-corrected chi connectivity index (χ1v) is 6.00. The van der Waals surface area contributed by atoms with Crippen molar-refractivity contribution in [1.82, 2.24) is 0 Å². The van der Waals surface area contributed by atoms with E-state index >= 15 is 0 Å². The van der Waals surface area contributed by atoms with Crippen LogP contribution in [0.15, 0.2) is 54.6 Å². The Morgan fingerprint density at radius 2 is 1.50 bits per heavy atom. The highest BCUT2D eigenvalue weighted by Gasteiger charge is 2.04. The number of hydrogen-bond donors (Lipinski definition) is 1. The first kappa shape index (κ1) is 16.0. The average molecular weight is 283 g/mol. The zero-order valence-electron chi connectivity index (χ0n) is 11.0. The lowest BCUT2D eigenvalue weighted by atomic mass is 10.1. The molecule has 0 aromatic heterocycles. The molecule has 0 aliphatic rings. The van der Waals surface area contributed by atoms with Gasteiger partial charge in [-0.15, -0.1) is 0 Å². The van der Waals surface area contributed by atoms with Crippen molar-refractivity contribution in [2.45, 2.75) is 19.6 Å². The maximum Gasteiger partial charge on any atom is 0.387 e. The van der Waals surface area contributed by atoms with Crippen molar-refractivity contribution in [3.05, 3.63) is 66.0 Å². The van der Waals surface area contributed by atoms with E-state index in [9.17, 15) is 13.2 Å². The zero-order valence-corrected chi connectivity index (χ0v) is 11.0. The van der Waals surface area contributed by atoms with Gasteiger partial charge in [-0.25, -0.2) is 4.39 Å². The third kappa shape index (κ3) is 6.24. The quantitative estimate of drug-likeness (QED) is 0.919. The number of rotatable bonds is 3. The van der Waals surface area contributed by atoms with Gasteiger partial charge in [0, 0.05) is 6.04 Å². The highest BCUT2D eigenvalue weighted by atomic mass is 19.3. The molecule has 0 saturated heterocycles. The molecule has 2 nitrogen and oxygen atoms in total. The molecule has 2 rings (SSSR count). The number of benzene rings is 2. The number of hydrogen-bond acceptors (Lipinski definition) is 2. The Kier molecular flexibility index (Phi) is 6.59. The van der Waals surface area contributed by atoms with E-state index in [1.807, 2.05) is 6.92 Å². The molecule has 0 aliphatic heterocycles. The minimum Gasteiger partial charge on any atom is -0.435 e. The fourth-order valence-electron chi connectivity index (χ4n) is 1.37. The van der Waals surface area contributed by atoms with Crippen LogP contribution in [0.4, 0.5) is 13.2 Å². The lowest BCUT2D eigenvalue weighted by Crippen LogP contribution is -2.05. The summed E-state index contributed by atoms with van der Waals surface area (Å²) in [5, 5.41) is 0. The molecule has 0 fully saturated rings. The SMILES string of the molecule is CC(N)c1ccc(OC(F)F)cc1.Fc1ccccc1. The summed E-state index contributed by atoms with van der Waals surface area (Å²) in [6.45, 7) is -0.954. The Hall–Kier alpha value is -2.01. The predicted octanol–water partition coefficient (Wildman–Crippen LogP) is 4.13.